The second-order valence-electron chi connectivity index (χ2n) is 8.72. The van der Waals surface area contributed by atoms with Crippen molar-refractivity contribution in [1.29, 1.82) is 0 Å². The van der Waals surface area contributed by atoms with Gasteiger partial charge < -0.3 is 10.1 Å². The molecular weight excluding hydrogens is 390 g/mol. The predicted molar refractivity (Wildman–Crippen MR) is 115 cm³/mol. The molecule has 1 atom stereocenters. The summed E-state index contributed by atoms with van der Waals surface area (Å²) in [5.41, 5.74) is 6.23. The molecule has 1 saturated carbocycles. The second-order valence-corrected chi connectivity index (χ2v) is 8.72. The van der Waals surface area contributed by atoms with Gasteiger partial charge in [-0.05, 0) is 49.7 Å². The number of ether oxygens (including phenoxy) is 1. The highest BCUT2D eigenvalue weighted by Gasteiger charge is 2.34. The van der Waals surface area contributed by atoms with E-state index in [1.54, 1.807) is 10.9 Å². The van der Waals surface area contributed by atoms with Gasteiger partial charge in [0, 0.05) is 24.3 Å². The van der Waals surface area contributed by atoms with Crippen molar-refractivity contribution in [2.24, 2.45) is 0 Å². The smallest absolute Gasteiger partial charge is 0.255 e. The lowest BCUT2D eigenvalue weighted by atomic mass is 10.0. The van der Waals surface area contributed by atoms with Crippen LogP contribution in [0.5, 0.6) is 0 Å². The standard InChI is InChI=1S/C24H25N5O2/c30-23(27-18-10-11-31-14-18)20-13-26-29(22(20)16-8-9-16)24-25-12-17-6-3-5-15-4-1-2-7-19(15)21(17)28-24/h1-2,4,7,12-13,16,18H,3,5-6,8-11,14H2,(H,27,30). The molecule has 0 spiro atoms. The maximum atomic E-state index is 13.0. The molecule has 158 valence electrons. The fourth-order valence-electron chi connectivity index (χ4n) is 4.71. The largest absolute Gasteiger partial charge is 0.379 e. The summed E-state index contributed by atoms with van der Waals surface area (Å²) in [6, 6.07) is 8.55. The zero-order chi connectivity index (χ0) is 20.8. The van der Waals surface area contributed by atoms with E-state index in [1.165, 1.54) is 16.7 Å². The minimum absolute atomic E-state index is 0.0724. The van der Waals surface area contributed by atoms with E-state index in [0.29, 0.717) is 30.6 Å². The van der Waals surface area contributed by atoms with Gasteiger partial charge in [-0.25, -0.2) is 14.6 Å². The SMILES string of the molecule is O=C(NC1CCOC1)c1cnn(-c2ncc3c(n2)-c2ccccc2CCC3)c1C1CC1. The third-order valence-electron chi connectivity index (χ3n) is 6.49. The predicted octanol–water partition coefficient (Wildman–Crippen LogP) is 3.21. The van der Waals surface area contributed by atoms with E-state index in [2.05, 4.69) is 39.7 Å². The molecule has 2 aromatic heterocycles. The molecule has 31 heavy (non-hydrogen) atoms. The van der Waals surface area contributed by atoms with Crippen molar-refractivity contribution in [3.63, 3.8) is 0 Å². The molecule has 3 heterocycles. The molecule has 1 saturated heterocycles. The van der Waals surface area contributed by atoms with E-state index in [0.717, 1.165) is 49.9 Å². The molecule has 1 aliphatic heterocycles. The first-order valence-corrected chi connectivity index (χ1v) is 11.2. The lowest BCUT2D eigenvalue weighted by Gasteiger charge is -2.13. The number of benzene rings is 1. The van der Waals surface area contributed by atoms with Gasteiger partial charge in [0.1, 0.15) is 0 Å². The Morgan fingerprint density at radius 1 is 1.10 bits per heavy atom. The lowest BCUT2D eigenvalue weighted by Crippen LogP contribution is -2.35. The Hall–Kier alpha value is -3.06. The Balaban J connectivity index is 1.40. The fourth-order valence-corrected chi connectivity index (χ4v) is 4.71. The van der Waals surface area contributed by atoms with Crippen molar-refractivity contribution < 1.29 is 9.53 Å². The number of hydrogen-bond donors (Lipinski definition) is 1. The summed E-state index contributed by atoms with van der Waals surface area (Å²) in [5.74, 6) is 0.794. The first-order chi connectivity index (χ1) is 15.3. The van der Waals surface area contributed by atoms with Crippen LogP contribution >= 0.6 is 0 Å². The van der Waals surface area contributed by atoms with Gasteiger partial charge in [0.25, 0.3) is 11.9 Å². The second kappa shape index (κ2) is 7.57. The number of fused-ring (bicyclic) bond motifs is 3. The van der Waals surface area contributed by atoms with E-state index in [1.807, 2.05) is 6.20 Å². The molecule has 0 radical (unpaired) electrons. The molecule has 1 N–H and O–H groups in total. The number of carbonyl (C=O) groups excluding carboxylic acids is 1. The van der Waals surface area contributed by atoms with Gasteiger partial charge in [-0.3, -0.25) is 4.79 Å². The molecule has 7 nitrogen and oxygen atoms in total. The molecule has 1 aromatic carbocycles. The number of aryl methyl sites for hydroxylation is 2. The van der Waals surface area contributed by atoms with Crippen molar-refractivity contribution in [3.05, 3.63) is 59.0 Å². The van der Waals surface area contributed by atoms with E-state index >= 15 is 0 Å². The van der Waals surface area contributed by atoms with Crippen molar-refractivity contribution in [2.45, 2.75) is 50.5 Å². The monoisotopic (exact) mass is 415 g/mol. The number of aromatic nitrogens is 4. The number of nitrogens with zero attached hydrogens (tertiary/aromatic N) is 4. The van der Waals surface area contributed by atoms with Crippen LogP contribution in [0.2, 0.25) is 0 Å². The zero-order valence-corrected chi connectivity index (χ0v) is 17.4. The van der Waals surface area contributed by atoms with Crippen LogP contribution in [0.1, 0.15) is 58.8 Å². The Labute approximate surface area is 180 Å². The Morgan fingerprint density at radius 3 is 2.81 bits per heavy atom. The van der Waals surface area contributed by atoms with E-state index < -0.39 is 0 Å². The van der Waals surface area contributed by atoms with Crippen LogP contribution in [0.3, 0.4) is 0 Å². The van der Waals surface area contributed by atoms with Crippen LogP contribution in [0.4, 0.5) is 0 Å². The molecule has 6 rings (SSSR count). The topological polar surface area (TPSA) is 81.9 Å². The quantitative estimate of drug-likeness (QED) is 0.708. The molecule has 1 amide bonds. The fraction of sp³-hybridized carbons (Fsp3) is 0.417. The number of amides is 1. The summed E-state index contributed by atoms with van der Waals surface area (Å²) in [4.78, 5) is 22.6. The van der Waals surface area contributed by atoms with Gasteiger partial charge in [0.05, 0.1) is 35.8 Å². The maximum absolute atomic E-state index is 13.0. The lowest BCUT2D eigenvalue weighted by molar-refractivity contribution is 0.0929. The van der Waals surface area contributed by atoms with Crippen molar-refractivity contribution >= 4 is 5.91 Å². The van der Waals surface area contributed by atoms with Gasteiger partial charge in [-0.1, -0.05) is 24.3 Å². The molecule has 3 aliphatic rings. The van der Waals surface area contributed by atoms with Crippen LogP contribution < -0.4 is 5.32 Å². The van der Waals surface area contributed by atoms with Crippen LogP contribution in [0.15, 0.2) is 36.7 Å². The highest BCUT2D eigenvalue weighted by Crippen LogP contribution is 2.42. The van der Waals surface area contributed by atoms with Crippen LogP contribution in [0, 0.1) is 0 Å². The van der Waals surface area contributed by atoms with Gasteiger partial charge in [-0.15, -0.1) is 0 Å². The van der Waals surface area contributed by atoms with Crippen molar-refractivity contribution in [3.8, 4) is 17.2 Å². The Morgan fingerprint density at radius 2 is 1.97 bits per heavy atom. The minimum Gasteiger partial charge on any atom is -0.379 e. The van der Waals surface area contributed by atoms with Crippen molar-refractivity contribution in [1.82, 2.24) is 25.1 Å². The molecule has 2 fully saturated rings. The number of carbonyl (C=O) groups is 1. The number of nitrogens with one attached hydrogen (secondary N) is 1. The molecule has 1 unspecified atom stereocenters. The summed E-state index contributed by atoms with van der Waals surface area (Å²) in [5, 5.41) is 7.67. The summed E-state index contributed by atoms with van der Waals surface area (Å²) in [7, 11) is 0. The third kappa shape index (κ3) is 3.43. The van der Waals surface area contributed by atoms with Gasteiger partial charge >= 0.3 is 0 Å². The van der Waals surface area contributed by atoms with Crippen LogP contribution in [-0.4, -0.2) is 44.9 Å². The highest BCUT2D eigenvalue weighted by molar-refractivity contribution is 5.95. The van der Waals surface area contributed by atoms with Gasteiger partial charge in [0.15, 0.2) is 0 Å². The normalized spacial score (nSPS) is 20.1. The van der Waals surface area contributed by atoms with Gasteiger partial charge in [0.2, 0.25) is 0 Å². The maximum Gasteiger partial charge on any atom is 0.255 e. The highest BCUT2D eigenvalue weighted by atomic mass is 16.5. The zero-order valence-electron chi connectivity index (χ0n) is 17.4. The average Bonchev–Trinajstić information content (AvgIpc) is 3.38. The minimum atomic E-state index is -0.0799. The Bertz CT molecular complexity index is 1140. The first-order valence-electron chi connectivity index (χ1n) is 11.2. The van der Waals surface area contributed by atoms with Crippen molar-refractivity contribution in [2.75, 3.05) is 13.2 Å². The van der Waals surface area contributed by atoms with E-state index in [-0.39, 0.29) is 11.9 Å². The molecule has 7 heteroatoms. The molecular formula is C24H25N5O2. The van der Waals surface area contributed by atoms with Crippen LogP contribution in [-0.2, 0) is 17.6 Å². The third-order valence-corrected chi connectivity index (χ3v) is 6.49. The average molecular weight is 415 g/mol. The van der Waals surface area contributed by atoms with Gasteiger partial charge in [-0.2, -0.15) is 5.10 Å². The summed E-state index contributed by atoms with van der Waals surface area (Å²) in [6.45, 7) is 1.27. The molecule has 0 bridgehead atoms. The Kier molecular flexibility index (Phi) is 4.56. The summed E-state index contributed by atoms with van der Waals surface area (Å²) >= 11 is 0. The van der Waals surface area contributed by atoms with Crippen LogP contribution in [0.25, 0.3) is 17.2 Å². The summed E-state index contributed by atoms with van der Waals surface area (Å²) < 4.78 is 7.18. The first kappa shape index (κ1) is 18.7. The summed E-state index contributed by atoms with van der Waals surface area (Å²) in [6.07, 6.45) is 9.69. The molecule has 2 aliphatic carbocycles. The van der Waals surface area contributed by atoms with E-state index in [9.17, 15) is 4.79 Å². The number of hydrogen-bond acceptors (Lipinski definition) is 5. The number of rotatable bonds is 4. The van der Waals surface area contributed by atoms with E-state index in [4.69, 9.17) is 9.72 Å². The molecule has 3 aromatic rings.